The Kier molecular flexibility index (Phi) is 6.40. The van der Waals surface area contributed by atoms with E-state index < -0.39 is 12.0 Å². The summed E-state index contributed by atoms with van der Waals surface area (Å²) in [5, 5.41) is 1.44. The van der Waals surface area contributed by atoms with Crippen molar-refractivity contribution in [2.75, 3.05) is 6.61 Å². The molecule has 36 heavy (non-hydrogen) atoms. The Balaban J connectivity index is 1.76. The number of ether oxygens (including phenoxy) is 1. The predicted molar refractivity (Wildman–Crippen MR) is 143 cm³/mol. The molecule has 1 aliphatic rings. The summed E-state index contributed by atoms with van der Waals surface area (Å²) in [6.07, 6.45) is 9.36. The molecule has 0 saturated carbocycles. The van der Waals surface area contributed by atoms with Gasteiger partial charge in [0.05, 0.1) is 29.0 Å². The number of esters is 1. The first-order valence-electron chi connectivity index (χ1n) is 11.4. The Morgan fingerprint density at radius 2 is 2.00 bits per heavy atom. The summed E-state index contributed by atoms with van der Waals surface area (Å²) in [4.78, 5) is 32.0. The van der Waals surface area contributed by atoms with Crippen LogP contribution in [-0.4, -0.2) is 21.7 Å². The van der Waals surface area contributed by atoms with Crippen LogP contribution in [0.25, 0.3) is 17.0 Å². The molecule has 0 bridgehead atoms. The Morgan fingerprint density at radius 3 is 2.75 bits per heavy atom. The molecule has 0 spiro atoms. The zero-order chi connectivity index (χ0) is 25.4. The normalized spacial score (nSPS) is 15.5. The molecule has 1 atom stereocenters. The molecular weight excluding hydrogens is 494 g/mol. The van der Waals surface area contributed by atoms with Crippen molar-refractivity contribution in [2.24, 2.45) is 4.99 Å². The van der Waals surface area contributed by atoms with Gasteiger partial charge in [-0.3, -0.25) is 9.36 Å². The smallest absolute Gasteiger partial charge is 0.338 e. The molecule has 1 aliphatic heterocycles. The van der Waals surface area contributed by atoms with Crippen LogP contribution in [0.4, 0.5) is 0 Å². The molecule has 0 saturated heterocycles. The van der Waals surface area contributed by atoms with Gasteiger partial charge in [0, 0.05) is 27.7 Å². The zero-order valence-electron chi connectivity index (χ0n) is 19.7. The van der Waals surface area contributed by atoms with Gasteiger partial charge in [-0.25, -0.2) is 9.79 Å². The Bertz CT molecular complexity index is 1770. The minimum Gasteiger partial charge on any atom is -0.463 e. The Labute approximate surface area is 216 Å². The first kappa shape index (κ1) is 23.9. The van der Waals surface area contributed by atoms with Crippen LogP contribution in [0.1, 0.15) is 31.0 Å². The lowest BCUT2D eigenvalue weighted by Gasteiger charge is -2.25. The van der Waals surface area contributed by atoms with Gasteiger partial charge in [0.25, 0.3) is 5.56 Å². The molecular formula is C28H22ClN3O3S. The molecule has 5 rings (SSSR count). The second-order valence-corrected chi connectivity index (χ2v) is 9.67. The summed E-state index contributed by atoms with van der Waals surface area (Å²) in [5.41, 5.74) is 3.04. The number of nitrogens with zero attached hydrogens (tertiary/aromatic N) is 3. The first-order valence-corrected chi connectivity index (χ1v) is 12.6. The number of hydrogen-bond donors (Lipinski definition) is 0. The van der Waals surface area contributed by atoms with Crippen molar-refractivity contribution in [1.29, 1.82) is 0 Å². The lowest BCUT2D eigenvalue weighted by molar-refractivity contribution is -0.139. The number of carbonyl (C=O) groups is 1. The highest BCUT2D eigenvalue weighted by atomic mass is 35.5. The SMILES string of the molecule is C#CCn1cc(/C=c2\sc3n(c2=O)[C@H](c2ccccc2Cl)C(C(=O)OCC)=C(C)N=3)c2ccccc21. The number of carbonyl (C=O) groups excluding carboxylic acids is 1. The molecule has 0 radical (unpaired) electrons. The van der Waals surface area contributed by atoms with Crippen molar-refractivity contribution in [3.05, 3.63) is 102 Å². The fourth-order valence-electron chi connectivity index (χ4n) is 4.54. The van der Waals surface area contributed by atoms with E-state index in [2.05, 4.69) is 10.9 Å². The number of rotatable bonds is 5. The highest BCUT2D eigenvalue weighted by Crippen LogP contribution is 2.34. The average molecular weight is 516 g/mol. The van der Waals surface area contributed by atoms with Crippen LogP contribution < -0.4 is 14.9 Å². The maximum atomic E-state index is 13.8. The van der Waals surface area contributed by atoms with E-state index in [9.17, 15) is 9.59 Å². The van der Waals surface area contributed by atoms with Crippen molar-refractivity contribution in [2.45, 2.75) is 26.4 Å². The van der Waals surface area contributed by atoms with E-state index in [1.807, 2.05) is 59.3 Å². The standard InChI is InChI=1S/C28H22ClN3O3S/c1-4-14-31-16-18(19-10-7-9-13-22(19)31)15-23-26(33)32-25(20-11-6-8-12-21(20)29)24(27(34)35-5-2)17(3)30-28(32)36-23/h1,6-13,15-16,25H,5,14H2,2-3H3/b23-15-/t25-/m1/s1. The van der Waals surface area contributed by atoms with E-state index in [-0.39, 0.29) is 12.2 Å². The molecule has 0 amide bonds. The van der Waals surface area contributed by atoms with Crippen LogP contribution in [0.5, 0.6) is 0 Å². The zero-order valence-corrected chi connectivity index (χ0v) is 21.3. The van der Waals surface area contributed by atoms with Gasteiger partial charge in [-0.2, -0.15) is 0 Å². The predicted octanol–water partition coefficient (Wildman–Crippen LogP) is 4.04. The third-order valence-corrected chi connectivity index (χ3v) is 7.41. The number of hydrogen-bond acceptors (Lipinski definition) is 5. The van der Waals surface area contributed by atoms with Crippen molar-refractivity contribution >= 4 is 45.9 Å². The fourth-order valence-corrected chi connectivity index (χ4v) is 5.82. The number of allylic oxidation sites excluding steroid dienone is 1. The van der Waals surface area contributed by atoms with Crippen LogP contribution in [0, 0.1) is 12.3 Å². The monoisotopic (exact) mass is 515 g/mol. The summed E-state index contributed by atoms with van der Waals surface area (Å²) in [7, 11) is 0. The molecule has 8 heteroatoms. The third kappa shape index (κ3) is 3.98. The van der Waals surface area contributed by atoms with Crippen LogP contribution in [0.2, 0.25) is 5.02 Å². The fraction of sp³-hybridized carbons (Fsp3) is 0.179. The molecule has 0 N–H and O–H groups in total. The maximum Gasteiger partial charge on any atom is 0.338 e. The number of benzene rings is 2. The molecule has 2 aromatic carbocycles. The van der Waals surface area contributed by atoms with Crippen LogP contribution >= 0.6 is 22.9 Å². The van der Waals surface area contributed by atoms with Crippen LogP contribution in [0.15, 0.2) is 75.8 Å². The van der Waals surface area contributed by atoms with E-state index in [1.54, 1.807) is 19.9 Å². The molecule has 180 valence electrons. The number of thiazole rings is 1. The van der Waals surface area contributed by atoms with E-state index in [0.29, 0.717) is 37.7 Å². The van der Waals surface area contributed by atoms with E-state index in [1.165, 1.54) is 15.9 Å². The van der Waals surface area contributed by atoms with Gasteiger partial charge in [-0.15, -0.1) is 6.42 Å². The van der Waals surface area contributed by atoms with E-state index >= 15 is 0 Å². The number of para-hydroxylation sites is 1. The summed E-state index contributed by atoms with van der Waals surface area (Å²) in [5.74, 6) is 2.16. The molecule has 0 fully saturated rings. The molecule has 0 aliphatic carbocycles. The summed E-state index contributed by atoms with van der Waals surface area (Å²) >= 11 is 7.83. The largest absolute Gasteiger partial charge is 0.463 e. The molecule has 6 nitrogen and oxygen atoms in total. The number of terminal acetylenes is 1. The second-order valence-electron chi connectivity index (χ2n) is 8.26. The number of halogens is 1. The van der Waals surface area contributed by atoms with Crippen LogP contribution in [0.3, 0.4) is 0 Å². The van der Waals surface area contributed by atoms with E-state index in [0.717, 1.165) is 16.5 Å². The lowest BCUT2D eigenvalue weighted by atomic mass is 9.96. The number of fused-ring (bicyclic) bond motifs is 2. The van der Waals surface area contributed by atoms with Gasteiger partial charge < -0.3 is 9.30 Å². The van der Waals surface area contributed by atoms with Gasteiger partial charge in [-0.05, 0) is 37.6 Å². The third-order valence-electron chi connectivity index (χ3n) is 6.08. The summed E-state index contributed by atoms with van der Waals surface area (Å²) < 4.78 is 9.35. The first-order chi connectivity index (χ1) is 17.4. The van der Waals surface area contributed by atoms with Crippen molar-refractivity contribution in [3.63, 3.8) is 0 Å². The molecule has 4 aromatic rings. The highest BCUT2D eigenvalue weighted by molar-refractivity contribution is 7.07. The number of aromatic nitrogens is 2. The minimum absolute atomic E-state index is 0.205. The topological polar surface area (TPSA) is 65.6 Å². The second kappa shape index (κ2) is 9.65. The summed E-state index contributed by atoms with van der Waals surface area (Å²) in [6, 6.07) is 14.3. The van der Waals surface area contributed by atoms with Crippen molar-refractivity contribution < 1.29 is 9.53 Å². The van der Waals surface area contributed by atoms with Gasteiger partial charge in [0.1, 0.15) is 6.04 Å². The molecule has 0 unspecified atom stereocenters. The quantitative estimate of drug-likeness (QED) is 0.298. The summed E-state index contributed by atoms with van der Waals surface area (Å²) in [6.45, 7) is 4.12. The van der Waals surface area contributed by atoms with Gasteiger partial charge in [0.2, 0.25) is 0 Å². The molecule has 2 aromatic heterocycles. The average Bonchev–Trinajstić information content (AvgIpc) is 3.36. The van der Waals surface area contributed by atoms with Crippen molar-refractivity contribution in [1.82, 2.24) is 9.13 Å². The lowest BCUT2D eigenvalue weighted by Crippen LogP contribution is -2.40. The Hall–Kier alpha value is -3.86. The minimum atomic E-state index is -0.751. The van der Waals surface area contributed by atoms with Crippen LogP contribution in [-0.2, 0) is 16.1 Å². The highest BCUT2D eigenvalue weighted by Gasteiger charge is 2.34. The van der Waals surface area contributed by atoms with Crippen molar-refractivity contribution in [3.8, 4) is 12.3 Å². The maximum absolute atomic E-state index is 13.8. The van der Waals surface area contributed by atoms with Gasteiger partial charge >= 0.3 is 5.97 Å². The van der Waals surface area contributed by atoms with Gasteiger partial charge in [-0.1, -0.05) is 65.3 Å². The van der Waals surface area contributed by atoms with E-state index in [4.69, 9.17) is 22.8 Å². The Morgan fingerprint density at radius 1 is 1.25 bits per heavy atom. The molecule has 3 heterocycles. The van der Waals surface area contributed by atoms with Gasteiger partial charge in [0.15, 0.2) is 4.80 Å².